The molecule has 5 aromatic carbocycles. The number of benzene rings is 5. The molecular weight excluding hydrogens is 612 g/mol. The average Bonchev–Trinajstić information content (AvgIpc) is 3.09. The minimum absolute atomic E-state index is 0.757. The third kappa shape index (κ3) is 6.86. The highest BCUT2D eigenvalue weighted by molar-refractivity contribution is 7.87. The van der Waals surface area contributed by atoms with Gasteiger partial charge < -0.3 is 4.41 Å². The molecule has 0 spiro atoms. The second kappa shape index (κ2) is 13.7. The zero-order valence-electron chi connectivity index (χ0n) is 27.0. The van der Waals surface area contributed by atoms with E-state index in [1.165, 1.54) is 26.8 Å². The number of hydrogen-bond acceptors (Lipinski definition) is 3. The lowest BCUT2D eigenvalue weighted by Gasteiger charge is -2.31. The smallest absolute Gasteiger partial charge is 0.171 e. The average molecular weight is 654 g/mol. The summed E-state index contributed by atoms with van der Waals surface area (Å²) < 4.78 is 11.6. The summed E-state index contributed by atoms with van der Waals surface area (Å²) in [6.07, 6.45) is 0.757. The van der Waals surface area contributed by atoms with Crippen molar-refractivity contribution in [3.63, 3.8) is 0 Å². The number of pyridine rings is 1. The van der Waals surface area contributed by atoms with Crippen molar-refractivity contribution in [3.8, 4) is 0 Å². The first-order chi connectivity index (χ1) is 22.3. The number of nitrogens with zero attached hydrogens (tertiary/aromatic N) is 3. The first-order valence-corrected chi connectivity index (χ1v) is 22.9. The van der Waals surface area contributed by atoms with Gasteiger partial charge in [0.15, 0.2) is 8.24 Å². The molecule has 230 valence electrons. The summed E-state index contributed by atoms with van der Waals surface area (Å²) in [6, 6.07) is 58.5. The van der Waals surface area contributed by atoms with Gasteiger partial charge in [-0.25, -0.2) is 0 Å². The van der Waals surface area contributed by atoms with E-state index in [1.54, 1.807) is 0 Å². The molecule has 1 aromatic heterocycles. The van der Waals surface area contributed by atoms with Crippen LogP contribution < -0.4 is 26.7 Å². The number of hydrogen-bond donors (Lipinski definition) is 0. The van der Waals surface area contributed by atoms with Crippen molar-refractivity contribution in [1.29, 1.82) is 0 Å². The van der Waals surface area contributed by atoms with Gasteiger partial charge in [-0.1, -0.05) is 165 Å². The van der Waals surface area contributed by atoms with E-state index in [9.17, 15) is 0 Å². The normalized spacial score (nSPS) is 12.0. The summed E-state index contributed by atoms with van der Waals surface area (Å²) >= 11 is 0. The molecule has 3 nitrogen and oxygen atoms in total. The van der Waals surface area contributed by atoms with Crippen LogP contribution >= 0.6 is 14.1 Å². The second-order valence-electron chi connectivity index (χ2n) is 12.6. The minimum Gasteiger partial charge on any atom is -0.329 e. The first-order valence-electron chi connectivity index (χ1n) is 15.8. The molecule has 0 N–H and O–H groups in total. The number of aromatic nitrogens is 1. The van der Waals surface area contributed by atoms with Crippen molar-refractivity contribution >= 4 is 54.7 Å². The fourth-order valence-corrected chi connectivity index (χ4v) is 17.3. The molecule has 0 aliphatic rings. The Morgan fingerprint density at radius 3 is 1.43 bits per heavy atom. The van der Waals surface area contributed by atoms with Crippen molar-refractivity contribution in [2.45, 2.75) is 32.7 Å². The third-order valence-corrected chi connectivity index (χ3v) is 18.3. The largest absolute Gasteiger partial charge is 0.329 e. The van der Waals surface area contributed by atoms with E-state index in [4.69, 9.17) is 14.1 Å². The molecule has 6 aromatic rings. The van der Waals surface area contributed by atoms with Gasteiger partial charge in [-0.15, -0.1) is 0 Å². The molecule has 0 unspecified atom stereocenters. The van der Waals surface area contributed by atoms with Crippen LogP contribution in [0.25, 0.3) is 0 Å². The van der Waals surface area contributed by atoms with Crippen LogP contribution in [0.4, 0.5) is 5.69 Å². The van der Waals surface area contributed by atoms with Crippen LogP contribution in [0.5, 0.6) is 0 Å². The highest BCUT2D eigenvalue weighted by Gasteiger charge is 2.32. The predicted octanol–water partition coefficient (Wildman–Crippen LogP) is 9.39. The Labute approximate surface area is 275 Å². The van der Waals surface area contributed by atoms with E-state index in [1.807, 2.05) is 0 Å². The highest BCUT2D eigenvalue weighted by atomic mass is 31.2. The van der Waals surface area contributed by atoms with Crippen LogP contribution in [-0.4, -0.2) is 13.2 Å². The molecule has 0 saturated carbocycles. The van der Waals surface area contributed by atoms with E-state index in [-0.39, 0.29) is 0 Å². The lowest BCUT2D eigenvalue weighted by molar-refractivity contribution is 1.20. The van der Waals surface area contributed by atoms with E-state index in [2.05, 4.69) is 190 Å². The molecular formula is C40H41N3P2Si. The molecule has 0 fully saturated rings. The molecule has 0 amide bonds. The van der Waals surface area contributed by atoms with Gasteiger partial charge in [0.2, 0.25) is 0 Å². The van der Waals surface area contributed by atoms with Gasteiger partial charge in [0.05, 0.1) is 18.2 Å². The number of aryl methyl sites for hydroxylation is 1. The summed E-state index contributed by atoms with van der Waals surface area (Å²) in [5.74, 6) is 0. The van der Waals surface area contributed by atoms with Crippen molar-refractivity contribution in [2.75, 3.05) is 0 Å². The monoisotopic (exact) mass is 653 g/mol. The summed E-state index contributed by atoms with van der Waals surface area (Å²) in [7, 11) is -6.68. The maximum absolute atomic E-state index is 5.86. The Morgan fingerprint density at radius 2 is 0.978 bits per heavy atom. The summed E-state index contributed by atoms with van der Waals surface area (Å²) in [5, 5.41) is 4.97. The van der Waals surface area contributed by atoms with E-state index in [0.717, 1.165) is 23.0 Å². The third-order valence-electron chi connectivity index (χ3n) is 7.91. The van der Waals surface area contributed by atoms with Crippen molar-refractivity contribution < 1.29 is 0 Å². The van der Waals surface area contributed by atoms with E-state index < -0.39 is 22.3 Å². The Bertz CT molecular complexity index is 1920. The lowest BCUT2D eigenvalue weighted by Crippen LogP contribution is -2.28. The highest BCUT2D eigenvalue weighted by Crippen LogP contribution is 2.53. The lowest BCUT2D eigenvalue weighted by atomic mass is 10.2. The minimum atomic E-state index is -2.56. The zero-order chi connectivity index (χ0) is 32.0. The molecule has 0 saturated heterocycles. The Morgan fingerprint density at radius 1 is 0.522 bits per heavy atom. The summed E-state index contributed by atoms with van der Waals surface area (Å²) in [6.45, 7) is 9.16. The van der Waals surface area contributed by atoms with Crippen molar-refractivity contribution in [3.05, 3.63) is 175 Å². The molecule has 0 atom stereocenters. The van der Waals surface area contributed by atoms with Crippen molar-refractivity contribution in [1.82, 2.24) is 4.98 Å². The Hall–Kier alpha value is -4.07. The molecule has 6 rings (SSSR count). The predicted molar refractivity (Wildman–Crippen MR) is 205 cm³/mol. The first kappa shape index (κ1) is 31.9. The van der Waals surface area contributed by atoms with Gasteiger partial charge in [-0.05, 0) is 41.8 Å². The van der Waals surface area contributed by atoms with E-state index in [0.29, 0.717) is 0 Å². The van der Waals surface area contributed by atoms with Gasteiger partial charge in [-0.2, -0.15) is 0 Å². The molecule has 46 heavy (non-hydrogen) atoms. The molecule has 6 heteroatoms. The van der Waals surface area contributed by atoms with Gasteiger partial charge in [0, 0.05) is 29.5 Å². The molecule has 0 aliphatic carbocycles. The number of rotatable bonds is 9. The molecule has 1 heterocycles. The van der Waals surface area contributed by atoms with Crippen LogP contribution in [0, 0.1) is 6.92 Å². The molecule has 0 bridgehead atoms. The van der Waals surface area contributed by atoms with Crippen LogP contribution in [0.2, 0.25) is 19.6 Å². The van der Waals surface area contributed by atoms with E-state index >= 15 is 0 Å². The van der Waals surface area contributed by atoms with Crippen LogP contribution in [-0.2, 0) is 6.16 Å². The van der Waals surface area contributed by atoms with Gasteiger partial charge in [0.1, 0.15) is 0 Å². The van der Waals surface area contributed by atoms with Crippen molar-refractivity contribution in [2.24, 2.45) is 9.16 Å². The Balaban J connectivity index is 1.64. The quantitative estimate of drug-likeness (QED) is 0.113. The fourth-order valence-electron chi connectivity index (χ4n) is 5.97. The van der Waals surface area contributed by atoms with Crippen LogP contribution in [0.1, 0.15) is 11.3 Å². The fraction of sp³-hybridized carbons (Fsp3) is 0.125. The topological polar surface area (TPSA) is 37.6 Å². The van der Waals surface area contributed by atoms with Gasteiger partial charge in [0.25, 0.3) is 0 Å². The van der Waals surface area contributed by atoms with Gasteiger partial charge in [-0.3, -0.25) is 9.73 Å². The maximum atomic E-state index is 5.86. The standard InChI is InChI=1S/C40H41N3P2Si/c1-33-28-30-34(31-29-33)42-45(38-23-13-7-14-24-38,39-25-15-8-16-26-39)40-27-17-18-35(41-40)32-44(43-46(2,3)4,36-19-9-5-10-20-36)37-21-11-6-12-22-37/h5-31H,32H2,1-4H3. The molecule has 0 radical (unpaired) electrons. The molecule has 0 aliphatic heterocycles. The zero-order valence-corrected chi connectivity index (χ0v) is 29.8. The Kier molecular flexibility index (Phi) is 9.52. The summed E-state index contributed by atoms with van der Waals surface area (Å²) in [5.41, 5.74) is 4.24. The second-order valence-corrected chi connectivity index (χ2v) is 23.6. The SMILES string of the molecule is Cc1ccc(N=P(c2ccccc2)(c2ccccc2)c2cccc(CP(=N[Si](C)(C)C)(c3ccccc3)c3ccccc3)n2)cc1. The van der Waals surface area contributed by atoms with Crippen LogP contribution in [0.3, 0.4) is 0 Å². The maximum Gasteiger partial charge on any atom is 0.171 e. The summed E-state index contributed by atoms with van der Waals surface area (Å²) in [4.78, 5) is 5.62. The van der Waals surface area contributed by atoms with Crippen LogP contribution in [0.15, 0.2) is 173 Å². The van der Waals surface area contributed by atoms with Gasteiger partial charge >= 0.3 is 0 Å².